The minimum atomic E-state index is -0.364. The molecule has 29 heavy (non-hydrogen) atoms. The van der Waals surface area contributed by atoms with Crippen LogP contribution < -0.4 is 20.5 Å². The van der Waals surface area contributed by atoms with Gasteiger partial charge in [0.15, 0.2) is 6.04 Å². The number of amides is 1. The monoisotopic (exact) mass is 410 g/mol. The second kappa shape index (κ2) is 7.51. The van der Waals surface area contributed by atoms with E-state index in [-0.39, 0.29) is 17.8 Å². The number of para-hydroxylation sites is 1. The largest absolute Gasteiger partial charge is 0.496 e. The molecule has 8 nitrogen and oxygen atoms in total. The number of hydrogen-bond donors (Lipinski definition) is 2. The lowest BCUT2D eigenvalue weighted by atomic mass is 10.1. The van der Waals surface area contributed by atoms with E-state index in [4.69, 9.17) is 20.0 Å². The molecule has 1 aromatic carbocycles. The summed E-state index contributed by atoms with van der Waals surface area (Å²) < 4.78 is 12.2. The van der Waals surface area contributed by atoms with Gasteiger partial charge in [0, 0.05) is 10.9 Å². The van der Waals surface area contributed by atoms with Gasteiger partial charge >= 0.3 is 5.88 Å². The smallest absolute Gasteiger partial charge is 0.302 e. The topological polar surface area (TPSA) is 107 Å². The molecule has 148 valence electrons. The molecule has 0 saturated carbocycles. The normalized spacial score (nSPS) is 11.2. The maximum atomic E-state index is 12.7. The molecule has 0 radical (unpaired) electrons. The molecule has 0 atom stereocenters. The Labute approximate surface area is 170 Å². The van der Waals surface area contributed by atoms with E-state index in [0.29, 0.717) is 15.4 Å². The Hall–Kier alpha value is -3.46. The van der Waals surface area contributed by atoms with Crippen molar-refractivity contribution >= 4 is 39.0 Å². The van der Waals surface area contributed by atoms with Gasteiger partial charge < -0.3 is 10.5 Å². The summed E-state index contributed by atoms with van der Waals surface area (Å²) in [5, 5.41) is 7.29. The van der Waals surface area contributed by atoms with Crippen LogP contribution in [0.25, 0.3) is 21.5 Å². The highest BCUT2D eigenvalue weighted by Gasteiger charge is 2.22. The minimum absolute atomic E-state index is 0.122. The number of nitrogens with zero attached hydrogens (tertiary/aromatic N) is 3. The number of nitrogens with one attached hydrogen (secondary N) is 1. The standard InChI is InChI=1S/C20H19N5O3S/c1-11(2)25-10-16(28-24-25)23-19(26)18-17(21)13-8-9-14(22-20(13)29-18)12-6-4-5-7-15(12)27-3/h4-11H,1-3H3,(H2-,21,23,24,26)/p+1. The van der Waals surface area contributed by atoms with Crippen molar-refractivity contribution in [2.45, 2.75) is 19.9 Å². The Morgan fingerprint density at radius 3 is 2.79 bits per heavy atom. The first-order chi connectivity index (χ1) is 14.0. The second-order valence-electron chi connectivity index (χ2n) is 6.69. The number of thiophene rings is 1. The molecule has 1 amide bonds. The van der Waals surface area contributed by atoms with Gasteiger partial charge in [-0.25, -0.2) is 4.98 Å². The van der Waals surface area contributed by atoms with Crippen molar-refractivity contribution in [3.63, 3.8) is 0 Å². The van der Waals surface area contributed by atoms with Crippen LogP contribution in [0, 0.1) is 0 Å². The number of ether oxygens (including phenoxy) is 1. The highest BCUT2D eigenvalue weighted by molar-refractivity contribution is 7.21. The van der Waals surface area contributed by atoms with Crippen LogP contribution in [-0.2, 0) is 0 Å². The molecular weight excluding hydrogens is 390 g/mol. The van der Waals surface area contributed by atoms with Gasteiger partial charge in [0.05, 0.1) is 18.5 Å². The highest BCUT2D eigenvalue weighted by atomic mass is 32.1. The van der Waals surface area contributed by atoms with Gasteiger partial charge in [-0.1, -0.05) is 12.1 Å². The van der Waals surface area contributed by atoms with E-state index >= 15 is 0 Å². The molecule has 0 aliphatic rings. The summed E-state index contributed by atoms with van der Waals surface area (Å²) in [6, 6.07) is 11.5. The quantitative estimate of drug-likeness (QED) is 0.486. The summed E-state index contributed by atoms with van der Waals surface area (Å²) in [6.45, 7) is 3.92. The maximum Gasteiger partial charge on any atom is 0.302 e. The van der Waals surface area contributed by atoms with Gasteiger partial charge in [0.2, 0.25) is 5.27 Å². The van der Waals surface area contributed by atoms with Crippen molar-refractivity contribution in [2.24, 2.45) is 0 Å². The Morgan fingerprint density at radius 1 is 1.28 bits per heavy atom. The van der Waals surface area contributed by atoms with Gasteiger partial charge in [0.25, 0.3) is 12.1 Å². The van der Waals surface area contributed by atoms with E-state index < -0.39 is 0 Å². The molecule has 0 saturated heterocycles. The van der Waals surface area contributed by atoms with Crippen molar-refractivity contribution in [1.82, 2.24) is 10.3 Å². The molecule has 4 aromatic rings. The van der Waals surface area contributed by atoms with Crippen LogP contribution in [0.15, 0.2) is 47.1 Å². The Kier molecular flexibility index (Phi) is 4.89. The van der Waals surface area contributed by atoms with E-state index in [2.05, 4.69) is 10.6 Å². The number of aromatic nitrogens is 3. The third-order valence-corrected chi connectivity index (χ3v) is 5.55. The summed E-state index contributed by atoms with van der Waals surface area (Å²) >= 11 is 1.23. The third-order valence-electron chi connectivity index (χ3n) is 4.43. The molecule has 3 N–H and O–H groups in total. The summed E-state index contributed by atoms with van der Waals surface area (Å²) in [5.74, 6) is 0.616. The second-order valence-corrected chi connectivity index (χ2v) is 7.69. The molecule has 0 bridgehead atoms. The number of benzene rings is 1. The summed E-state index contributed by atoms with van der Waals surface area (Å²) in [5.41, 5.74) is 8.23. The molecular formula is C20H20N5O3S+. The third kappa shape index (κ3) is 3.52. The average Bonchev–Trinajstić information content (AvgIpc) is 3.32. The Morgan fingerprint density at radius 2 is 2.07 bits per heavy atom. The number of methoxy groups -OCH3 is 1. The average molecular weight is 410 g/mol. The fraction of sp³-hybridized carbons (Fsp3) is 0.200. The van der Waals surface area contributed by atoms with Crippen LogP contribution in [0.2, 0.25) is 0 Å². The van der Waals surface area contributed by atoms with Crippen molar-refractivity contribution < 1.29 is 18.7 Å². The van der Waals surface area contributed by atoms with Crippen LogP contribution in [0.5, 0.6) is 5.75 Å². The van der Waals surface area contributed by atoms with Crippen LogP contribution in [0.1, 0.15) is 29.6 Å². The van der Waals surface area contributed by atoms with Crippen LogP contribution >= 0.6 is 11.3 Å². The number of nitrogens with two attached hydrogens (primary N) is 1. The number of carbonyl (C=O) groups excluding carboxylic acids is 1. The summed E-state index contributed by atoms with van der Waals surface area (Å²) in [4.78, 5) is 18.4. The summed E-state index contributed by atoms with van der Waals surface area (Å²) in [7, 11) is 1.62. The maximum absolute atomic E-state index is 12.7. The number of fused-ring (bicyclic) bond motifs is 1. The first kappa shape index (κ1) is 18.9. The predicted octanol–water partition coefficient (Wildman–Crippen LogP) is 3.66. The lowest BCUT2D eigenvalue weighted by Gasteiger charge is -2.07. The zero-order valence-corrected chi connectivity index (χ0v) is 17.0. The molecule has 0 aliphatic heterocycles. The van der Waals surface area contributed by atoms with Crippen LogP contribution in [-0.4, -0.2) is 23.3 Å². The van der Waals surface area contributed by atoms with Crippen molar-refractivity contribution in [3.8, 4) is 17.0 Å². The number of carbonyl (C=O) groups is 1. The number of anilines is 2. The molecule has 0 unspecified atom stereocenters. The fourth-order valence-corrected chi connectivity index (χ4v) is 3.89. The number of pyridine rings is 1. The van der Waals surface area contributed by atoms with Gasteiger partial charge in [-0.05, 0) is 42.8 Å². The molecule has 9 heteroatoms. The summed E-state index contributed by atoms with van der Waals surface area (Å²) in [6.07, 6.45) is 1.63. The first-order valence-corrected chi connectivity index (χ1v) is 9.81. The highest BCUT2D eigenvalue weighted by Crippen LogP contribution is 2.36. The molecule has 3 aromatic heterocycles. The van der Waals surface area contributed by atoms with E-state index in [0.717, 1.165) is 22.4 Å². The zero-order chi connectivity index (χ0) is 20.5. The van der Waals surface area contributed by atoms with E-state index in [9.17, 15) is 4.79 Å². The lowest BCUT2D eigenvalue weighted by Crippen LogP contribution is -2.36. The van der Waals surface area contributed by atoms with Gasteiger partial charge in [0.1, 0.15) is 15.5 Å². The SMILES string of the molecule is COc1ccccc1-c1ccc2c(N)c(C(=O)Nc3c[n+](C(C)C)no3)sc2n1. The molecule has 4 rings (SSSR count). The fourth-order valence-electron chi connectivity index (χ4n) is 2.90. The number of nitrogen functional groups attached to an aromatic ring is 1. The predicted molar refractivity (Wildman–Crippen MR) is 111 cm³/mol. The van der Waals surface area contributed by atoms with Crippen molar-refractivity contribution in [2.75, 3.05) is 18.2 Å². The Bertz CT molecular complexity index is 1200. The van der Waals surface area contributed by atoms with Crippen LogP contribution in [0.3, 0.4) is 0 Å². The van der Waals surface area contributed by atoms with E-state index in [1.165, 1.54) is 11.3 Å². The van der Waals surface area contributed by atoms with Crippen molar-refractivity contribution in [1.29, 1.82) is 0 Å². The zero-order valence-electron chi connectivity index (χ0n) is 16.2. The van der Waals surface area contributed by atoms with Crippen molar-refractivity contribution in [3.05, 3.63) is 47.5 Å². The van der Waals surface area contributed by atoms with Gasteiger partial charge in [-0.15, -0.1) is 11.3 Å². The van der Waals surface area contributed by atoms with E-state index in [1.807, 2.05) is 50.2 Å². The molecule has 0 fully saturated rings. The first-order valence-electron chi connectivity index (χ1n) is 9.00. The number of rotatable bonds is 5. The lowest BCUT2D eigenvalue weighted by molar-refractivity contribution is -0.779. The van der Waals surface area contributed by atoms with Crippen LogP contribution in [0.4, 0.5) is 11.6 Å². The molecule has 0 spiro atoms. The Balaban J connectivity index is 1.67. The molecule has 0 aliphatic carbocycles. The molecule has 3 heterocycles. The number of hydrogen-bond acceptors (Lipinski definition) is 7. The van der Waals surface area contributed by atoms with E-state index in [1.54, 1.807) is 18.0 Å². The van der Waals surface area contributed by atoms with Gasteiger partial charge in [-0.3, -0.25) is 14.6 Å². The van der Waals surface area contributed by atoms with Gasteiger partial charge in [-0.2, -0.15) is 0 Å². The minimum Gasteiger partial charge on any atom is -0.496 e.